The Morgan fingerprint density at radius 1 is 1.32 bits per heavy atom. The van der Waals surface area contributed by atoms with Gasteiger partial charge in [-0.25, -0.2) is 0 Å². The quantitative estimate of drug-likeness (QED) is 0.760. The van der Waals surface area contributed by atoms with E-state index >= 15 is 0 Å². The third-order valence-corrected chi connectivity index (χ3v) is 3.79. The van der Waals surface area contributed by atoms with E-state index in [9.17, 15) is 4.79 Å². The van der Waals surface area contributed by atoms with Gasteiger partial charge in [-0.2, -0.15) is 5.10 Å². The Hall–Kier alpha value is -1.38. The molecule has 0 bridgehead atoms. The number of rotatable bonds is 5. The minimum Gasteiger partial charge on any atom is -0.294 e. The number of allylic oxidation sites excluding steroid dienone is 2. The molecule has 0 unspecified atom stereocenters. The van der Waals surface area contributed by atoms with Gasteiger partial charge in [0.25, 0.3) is 0 Å². The fourth-order valence-electron chi connectivity index (χ4n) is 2.71. The van der Waals surface area contributed by atoms with Crippen molar-refractivity contribution in [1.29, 1.82) is 0 Å². The molecule has 1 heterocycles. The SMILES string of the molecule is CCc1cc(CC(=O)C=C2CCCCC2)n(CC)n1. The molecule has 0 N–H and O–H groups in total. The van der Waals surface area contributed by atoms with Crippen LogP contribution in [0, 0.1) is 0 Å². The molecule has 0 spiro atoms. The fourth-order valence-corrected chi connectivity index (χ4v) is 2.71. The molecule has 104 valence electrons. The minimum absolute atomic E-state index is 0.231. The van der Waals surface area contributed by atoms with Crippen LogP contribution >= 0.6 is 0 Å². The zero-order valence-corrected chi connectivity index (χ0v) is 12.1. The Balaban J connectivity index is 2.03. The molecule has 1 aliphatic carbocycles. The van der Waals surface area contributed by atoms with Gasteiger partial charge >= 0.3 is 0 Å². The number of aryl methyl sites for hydroxylation is 2. The third-order valence-electron chi connectivity index (χ3n) is 3.79. The lowest BCUT2D eigenvalue weighted by atomic mass is 9.93. The van der Waals surface area contributed by atoms with E-state index in [4.69, 9.17) is 0 Å². The van der Waals surface area contributed by atoms with Crippen molar-refractivity contribution in [3.8, 4) is 0 Å². The van der Waals surface area contributed by atoms with E-state index in [1.165, 1.54) is 24.8 Å². The predicted octanol–water partition coefficient (Wildman–Crippen LogP) is 3.47. The Morgan fingerprint density at radius 2 is 2.05 bits per heavy atom. The summed E-state index contributed by atoms with van der Waals surface area (Å²) in [5, 5.41) is 4.49. The molecule has 1 fully saturated rings. The largest absolute Gasteiger partial charge is 0.294 e. The van der Waals surface area contributed by atoms with Crippen molar-refractivity contribution in [3.05, 3.63) is 29.1 Å². The summed E-state index contributed by atoms with van der Waals surface area (Å²) in [7, 11) is 0. The topological polar surface area (TPSA) is 34.9 Å². The van der Waals surface area contributed by atoms with Crippen molar-refractivity contribution in [1.82, 2.24) is 9.78 Å². The summed E-state index contributed by atoms with van der Waals surface area (Å²) in [6.45, 7) is 5.00. The van der Waals surface area contributed by atoms with Crippen LogP contribution in [-0.4, -0.2) is 15.6 Å². The molecule has 1 saturated carbocycles. The first-order valence-corrected chi connectivity index (χ1v) is 7.50. The van der Waals surface area contributed by atoms with Crippen molar-refractivity contribution < 1.29 is 4.79 Å². The summed E-state index contributed by atoms with van der Waals surface area (Å²) in [5.74, 6) is 0.231. The van der Waals surface area contributed by atoms with Gasteiger partial charge in [-0.05, 0) is 51.2 Å². The number of ketones is 1. The van der Waals surface area contributed by atoms with Crippen molar-refractivity contribution in [2.24, 2.45) is 0 Å². The normalized spacial score (nSPS) is 15.6. The van der Waals surface area contributed by atoms with Gasteiger partial charge in [-0.3, -0.25) is 9.48 Å². The van der Waals surface area contributed by atoms with E-state index in [0.29, 0.717) is 6.42 Å². The molecule has 1 aliphatic rings. The summed E-state index contributed by atoms with van der Waals surface area (Å²) in [6, 6.07) is 2.07. The molecule has 0 saturated heterocycles. The van der Waals surface area contributed by atoms with Crippen LogP contribution in [0.5, 0.6) is 0 Å². The van der Waals surface area contributed by atoms with Gasteiger partial charge in [0.2, 0.25) is 0 Å². The second-order valence-corrected chi connectivity index (χ2v) is 5.30. The van der Waals surface area contributed by atoms with Crippen LogP contribution in [0.4, 0.5) is 0 Å². The predicted molar refractivity (Wildman–Crippen MR) is 77.2 cm³/mol. The molecule has 3 heteroatoms. The van der Waals surface area contributed by atoms with Crippen molar-refractivity contribution in [2.45, 2.75) is 65.3 Å². The van der Waals surface area contributed by atoms with Gasteiger partial charge in [-0.15, -0.1) is 0 Å². The third kappa shape index (κ3) is 3.79. The van der Waals surface area contributed by atoms with Crippen LogP contribution < -0.4 is 0 Å². The van der Waals surface area contributed by atoms with Crippen LogP contribution in [0.1, 0.15) is 57.3 Å². The highest BCUT2D eigenvalue weighted by atomic mass is 16.1. The molecule has 3 nitrogen and oxygen atoms in total. The lowest BCUT2D eigenvalue weighted by molar-refractivity contribution is -0.114. The summed E-state index contributed by atoms with van der Waals surface area (Å²) in [5.41, 5.74) is 3.47. The first-order valence-electron chi connectivity index (χ1n) is 7.50. The van der Waals surface area contributed by atoms with Gasteiger partial charge in [0, 0.05) is 12.2 Å². The Labute approximate surface area is 115 Å². The molecule has 2 rings (SSSR count). The van der Waals surface area contributed by atoms with Gasteiger partial charge in [-0.1, -0.05) is 18.9 Å². The maximum absolute atomic E-state index is 12.1. The molecule has 1 aromatic heterocycles. The zero-order valence-electron chi connectivity index (χ0n) is 12.1. The van der Waals surface area contributed by atoms with Crippen LogP contribution in [0.15, 0.2) is 17.7 Å². The van der Waals surface area contributed by atoms with E-state index in [1.807, 2.05) is 10.8 Å². The number of carbonyl (C=O) groups excluding carboxylic acids is 1. The number of nitrogens with zero attached hydrogens (tertiary/aromatic N) is 2. The van der Waals surface area contributed by atoms with Crippen LogP contribution in [-0.2, 0) is 24.2 Å². The molecule has 1 aromatic rings. The maximum Gasteiger partial charge on any atom is 0.161 e. The average Bonchev–Trinajstić information content (AvgIpc) is 2.82. The summed E-state index contributed by atoms with van der Waals surface area (Å²) in [4.78, 5) is 12.1. The van der Waals surface area contributed by atoms with E-state index in [0.717, 1.165) is 37.2 Å². The first kappa shape index (κ1) is 14.0. The Kier molecular flexibility index (Phi) is 4.94. The van der Waals surface area contributed by atoms with E-state index in [-0.39, 0.29) is 5.78 Å². The number of carbonyl (C=O) groups is 1. The number of hydrogen-bond acceptors (Lipinski definition) is 2. The highest BCUT2D eigenvalue weighted by Gasteiger charge is 2.11. The highest BCUT2D eigenvalue weighted by Crippen LogP contribution is 2.22. The molecule has 0 radical (unpaired) electrons. The average molecular weight is 260 g/mol. The Morgan fingerprint density at radius 3 is 2.68 bits per heavy atom. The summed E-state index contributed by atoms with van der Waals surface area (Å²) in [6.07, 6.45) is 9.32. The Bertz CT molecular complexity index is 463. The van der Waals surface area contributed by atoms with Crippen LogP contribution in [0.25, 0.3) is 0 Å². The number of hydrogen-bond donors (Lipinski definition) is 0. The van der Waals surface area contributed by atoms with Crippen molar-refractivity contribution in [3.63, 3.8) is 0 Å². The van der Waals surface area contributed by atoms with Gasteiger partial charge in [0.1, 0.15) is 0 Å². The lowest BCUT2D eigenvalue weighted by Crippen LogP contribution is -2.08. The molecule has 0 amide bonds. The molecular formula is C16H24N2O. The van der Waals surface area contributed by atoms with Crippen LogP contribution in [0.2, 0.25) is 0 Å². The van der Waals surface area contributed by atoms with E-state index in [1.54, 1.807) is 0 Å². The van der Waals surface area contributed by atoms with Gasteiger partial charge in [0.15, 0.2) is 5.78 Å². The molecular weight excluding hydrogens is 236 g/mol. The van der Waals surface area contributed by atoms with Gasteiger partial charge in [0.05, 0.1) is 12.1 Å². The molecule has 0 aromatic carbocycles. The first-order chi connectivity index (χ1) is 9.22. The zero-order chi connectivity index (χ0) is 13.7. The smallest absolute Gasteiger partial charge is 0.161 e. The summed E-state index contributed by atoms with van der Waals surface area (Å²) >= 11 is 0. The molecule has 0 atom stereocenters. The molecule has 0 aliphatic heterocycles. The minimum atomic E-state index is 0.231. The summed E-state index contributed by atoms with van der Waals surface area (Å²) < 4.78 is 1.95. The van der Waals surface area contributed by atoms with Gasteiger partial charge < -0.3 is 0 Å². The standard InChI is InChI=1S/C16H24N2O/c1-3-14-11-15(18(4-2)17-14)12-16(19)10-13-8-6-5-7-9-13/h10-11H,3-9,12H2,1-2H3. The maximum atomic E-state index is 12.1. The molecule has 19 heavy (non-hydrogen) atoms. The van der Waals surface area contributed by atoms with E-state index < -0.39 is 0 Å². The van der Waals surface area contributed by atoms with Crippen molar-refractivity contribution >= 4 is 5.78 Å². The van der Waals surface area contributed by atoms with E-state index in [2.05, 4.69) is 25.0 Å². The second kappa shape index (κ2) is 6.69. The second-order valence-electron chi connectivity index (χ2n) is 5.30. The number of aromatic nitrogens is 2. The lowest BCUT2D eigenvalue weighted by Gasteiger charge is -2.12. The van der Waals surface area contributed by atoms with Crippen molar-refractivity contribution in [2.75, 3.05) is 0 Å². The fraction of sp³-hybridized carbons (Fsp3) is 0.625. The monoisotopic (exact) mass is 260 g/mol. The van der Waals surface area contributed by atoms with Crippen LogP contribution in [0.3, 0.4) is 0 Å². The highest BCUT2D eigenvalue weighted by molar-refractivity contribution is 5.91.